The van der Waals surface area contributed by atoms with Crippen molar-refractivity contribution in [1.29, 1.82) is 0 Å². The molecule has 4 rings (SSSR count). The molecule has 0 saturated heterocycles. The molecule has 0 atom stereocenters. The van der Waals surface area contributed by atoms with Crippen molar-refractivity contribution in [2.75, 3.05) is 11.9 Å². The van der Waals surface area contributed by atoms with E-state index in [0.717, 1.165) is 16.7 Å². The number of urea groups is 1. The van der Waals surface area contributed by atoms with Gasteiger partial charge in [-0.1, -0.05) is 78.9 Å². The average molecular weight is 471 g/mol. The molecule has 0 heterocycles. The van der Waals surface area contributed by atoms with Crippen molar-refractivity contribution in [3.8, 4) is 11.5 Å². The summed E-state index contributed by atoms with van der Waals surface area (Å²) in [6.45, 7) is 1.22. The first-order chi connectivity index (χ1) is 17.2. The summed E-state index contributed by atoms with van der Waals surface area (Å²) in [6.07, 6.45) is 0.575. The van der Waals surface area contributed by atoms with E-state index in [1.54, 1.807) is 12.1 Å². The van der Waals surface area contributed by atoms with Gasteiger partial charge in [0.1, 0.15) is 19.0 Å². The fourth-order valence-corrected chi connectivity index (χ4v) is 3.46. The predicted molar refractivity (Wildman–Crippen MR) is 135 cm³/mol. The maximum atomic E-state index is 13.7. The van der Waals surface area contributed by atoms with Crippen LogP contribution in [0.5, 0.6) is 11.5 Å². The SMILES string of the molecule is O=C(NCCc1ccc(OCc2ccccc2)c(OCc2ccccc2)c1)Nc1ccccc1F. The maximum Gasteiger partial charge on any atom is 0.319 e. The highest BCUT2D eigenvalue weighted by Gasteiger charge is 2.10. The Bertz CT molecular complexity index is 1230. The predicted octanol–water partition coefficient (Wildman–Crippen LogP) is 6.35. The number of nitrogens with one attached hydrogen (secondary N) is 2. The number of amides is 2. The number of halogens is 1. The van der Waals surface area contributed by atoms with Crippen LogP contribution in [0.2, 0.25) is 0 Å². The van der Waals surface area contributed by atoms with E-state index in [9.17, 15) is 9.18 Å². The molecule has 0 aliphatic carbocycles. The smallest absolute Gasteiger partial charge is 0.319 e. The first-order valence-electron chi connectivity index (χ1n) is 11.4. The molecule has 0 spiro atoms. The Balaban J connectivity index is 1.38. The first-order valence-corrected chi connectivity index (χ1v) is 11.4. The van der Waals surface area contributed by atoms with E-state index in [0.29, 0.717) is 37.7 Å². The Labute approximate surface area is 204 Å². The van der Waals surface area contributed by atoms with Crippen molar-refractivity contribution >= 4 is 11.7 Å². The minimum atomic E-state index is -0.478. The molecule has 4 aromatic carbocycles. The number of hydrogen-bond acceptors (Lipinski definition) is 3. The second-order valence-electron chi connectivity index (χ2n) is 7.94. The lowest BCUT2D eigenvalue weighted by Crippen LogP contribution is -2.30. The third-order valence-corrected chi connectivity index (χ3v) is 5.30. The Morgan fingerprint density at radius 1 is 0.686 bits per heavy atom. The molecule has 6 heteroatoms. The van der Waals surface area contributed by atoms with Gasteiger partial charge in [0, 0.05) is 6.54 Å². The molecule has 0 saturated carbocycles. The zero-order chi connectivity index (χ0) is 24.3. The summed E-state index contributed by atoms with van der Waals surface area (Å²) in [7, 11) is 0. The summed E-state index contributed by atoms with van der Waals surface area (Å²) >= 11 is 0. The van der Waals surface area contributed by atoms with Crippen LogP contribution in [0.15, 0.2) is 103 Å². The molecule has 0 radical (unpaired) electrons. The van der Waals surface area contributed by atoms with Crippen molar-refractivity contribution in [2.24, 2.45) is 0 Å². The normalized spacial score (nSPS) is 10.4. The molecular weight excluding hydrogens is 443 g/mol. The third kappa shape index (κ3) is 7.33. The van der Waals surface area contributed by atoms with Crippen LogP contribution < -0.4 is 20.1 Å². The summed E-state index contributed by atoms with van der Waals surface area (Å²) in [4.78, 5) is 12.1. The zero-order valence-corrected chi connectivity index (χ0v) is 19.2. The van der Waals surface area contributed by atoms with Crippen molar-refractivity contribution in [1.82, 2.24) is 5.32 Å². The molecule has 35 heavy (non-hydrogen) atoms. The van der Waals surface area contributed by atoms with Gasteiger partial charge < -0.3 is 20.1 Å². The Hall–Kier alpha value is -4.32. The van der Waals surface area contributed by atoms with Gasteiger partial charge in [-0.3, -0.25) is 0 Å². The first kappa shape index (κ1) is 23.8. The Morgan fingerprint density at radius 3 is 1.94 bits per heavy atom. The summed E-state index contributed by atoms with van der Waals surface area (Å²) in [5.41, 5.74) is 3.24. The molecule has 0 fully saturated rings. The van der Waals surface area contributed by atoms with Gasteiger partial charge in [-0.15, -0.1) is 0 Å². The van der Waals surface area contributed by atoms with Crippen LogP contribution in [0.25, 0.3) is 0 Å². The van der Waals surface area contributed by atoms with Gasteiger partial charge in [-0.2, -0.15) is 0 Å². The van der Waals surface area contributed by atoms with Crippen LogP contribution in [-0.4, -0.2) is 12.6 Å². The van der Waals surface area contributed by atoms with Crippen LogP contribution >= 0.6 is 0 Å². The van der Waals surface area contributed by atoms with Crippen LogP contribution in [0.3, 0.4) is 0 Å². The number of para-hydroxylation sites is 1. The lowest BCUT2D eigenvalue weighted by Gasteiger charge is -2.15. The van der Waals surface area contributed by atoms with Gasteiger partial charge in [-0.05, 0) is 47.4 Å². The summed E-state index contributed by atoms with van der Waals surface area (Å²) < 4.78 is 25.9. The summed E-state index contributed by atoms with van der Waals surface area (Å²) in [5, 5.41) is 5.27. The minimum absolute atomic E-state index is 0.140. The largest absolute Gasteiger partial charge is 0.485 e. The minimum Gasteiger partial charge on any atom is -0.485 e. The van der Waals surface area contributed by atoms with Crippen molar-refractivity contribution in [3.05, 3.63) is 126 Å². The molecule has 0 aromatic heterocycles. The standard InChI is InChI=1S/C29H27FN2O3/c30-25-13-7-8-14-26(25)32-29(33)31-18-17-22-15-16-27(34-20-23-9-3-1-4-10-23)28(19-22)35-21-24-11-5-2-6-12-24/h1-16,19H,17-18,20-21H2,(H2,31,32,33). The van der Waals surface area contributed by atoms with Gasteiger partial charge in [0.2, 0.25) is 0 Å². The van der Waals surface area contributed by atoms with Crippen LogP contribution in [-0.2, 0) is 19.6 Å². The number of carbonyl (C=O) groups excluding carboxylic acids is 1. The van der Waals surface area contributed by atoms with Gasteiger partial charge in [-0.25, -0.2) is 9.18 Å². The number of ether oxygens (including phenoxy) is 2. The quantitative estimate of drug-likeness (QED) is 0.284. The lowest BCUT2D eigenvalue weighted by molar-refractivity contribution is 0.252. The van der Waals surface area contributed by atoms with Gasteiger partial charge >= 0.3 is 6.03 Å². The number of benzene rings is 4. The monoisotopic (exact) mass is 470 g/mol. The molecule has 2 amide bonds. The van der Waals surface area contributed by atoms with E-state index in [2.05, 4.69) is 10.6 Å². The molecule has 0 aliphatic rings. The van der Waals surface area contributed by atoms with Crippen molar-refractivity contribution in [3.63, 3.8) is 0 Å². The molecule has 178 valence electrons. The lowest BCUT2D eigenvalue weighted by atomic mass is 10.1. The van der Waals surface area contributed by atoms with E-state index < -0.39 is 11.8 Å². The summed E-state index contributed by atoms with van der Waals surface area (Å²) in [5.74, 6) is 0.811. The van der Waals surface area contributed by atoms with E-state index in [1.807, 2.05) is 78.9 Å². The number of hydrogen-bond donors (Lipinski definition) is 2. The van der Waals surface area contributed by atoms with Gasteiger partial charge in [0.15, 0.2) is 11.5 Å². The highest BCUT2D eigenvalue weighted by molar-refractivity contribution is 5.89. The third-order valence-electron chi connectivity index (χ3n) is 5.30. The van der Waals surface area contributed by atoms with E-state index in [1.165, 1.54) is 12.1 Å². The number of rotatable bonds is 10. The fourth-order valence-electron chi connectivity index (χ4n) is 3.46. The van der Waals surface area contributed by atoms with Crippen LogP contribution in [0.1, 0.15) is 16.7 Å². The zero-order valence-electron chi connectivity index (χ0n) is 19.2. The topological polar surface area (TPSA) is 59.6 Å². The Kier molecular flexibility index (Phi) is 8.32. The summed E-state index contributed by atoms with van der Waals surface area (Å²) in [6, 6.07) is 31.2. The molecule has 0 unspecified atom stereocenters. The van der Waals surface area contributed by atoms with E-state index >= 15 is 0 Å². The highest BCUT2D eigenvalue weighted by atomic mass is 19.1. The van der Waals surface area contributed by atoms with Crippen molar-refractivity contribution < 1.29 is 18.7 Å². The molecule has 4 aromatic rings. The second kappa shape index (κ2) is 12.2. The van der Waals surface area contributed by atoms with E-state index in [-0.39, 0.29) is 5.69 Å². The molecular formula is C29H27FN2O3. The van der Waals surface area contributed by atoms with Crippen molar-refractivity contribution in [2.45, 2.75) is 19.6 Å². The molecule has 5 nitrogen and oxygen atoms in total. The van der Waals surface area contributed by atoms with Crippen LogP contribution in [0.4, 0.5) is 14.9 Å². The molecule has 0 bridgehead atoms. The Morgan fingerprint density at radius 2 is 1.29 bits per heavy atom. The maximum absolute atomic E-state index is 13.7. The van der Waals surface area contributed by atoms with Crippen LogP contribution in [0, 0.1) is 5.82 Å². The highest BCUT2D eigenvalue weighted by Crippen LogP contribution is 2.30. The fraction of sp³-hybridized carbons (Fsp3) is 0.138. The molecule has 0 aliphatic heterocycles. The number of carbonyl (C=O) groups is 1. The van der Waals surface area contributed by atoms with Gasteiger partial charge in [0.05, 0.1) is 5.69 Å². The number of anilines is 1. The average Bonchev–Trinajstić information content (AvgIpc) is 2.89. The second-order valence-corrected chi connectivity index (χ2v) is 7.94. The molecule has 2 N–H and O–H groups in total. The van der Waals surface area contributed by atoms with Gasteiger partial charge in [0.25, 0.3) is 0 Å². The van der Waals surface area contributed by atoms with E-state index in [4.69, 9.17) is 9.47 Å².